The van der Waals surface area contributed by atoms with Crippen LogP contribution < -0.4 is 5.32 Å². The summed E-state index contributed by atoms with van der Waals surface area (Å²) in [5.41, 5.74) is -0.0860. The first-order valence-electron chi connectivity index (χ1n) is 7.31. The Morgan fingerprint density at radius 3 is 2.52 bits per heavy atom. The number of hydrogen-bond acceptors (Lipinski definition) is 3. The SMILES string of the molecule is FC(F)(F)c1cc(Br)cc([C@@H](c2ccco2)N2CCNCC2)c1. The molecule has 0 saturated carbocycles. The van der Waals surface area contributed by atoms with Crippen LogP contribution in [0, 0.1) is 0 Å². The van der Waals surface area contributed by atoms with E-state index in [4.69, 9.17) is 4.42 Å². The Bertz CT molecular complexity index is 652. The Morgan fingerprint density at radius 1 is 1.17 bits per heavy atom. The zero-order chi connectivity index (χ0) is 16.4. The van der Waals surface area contributed by atoms with Crippen LogP contribution in [-0.2, 0) is 6.18 Å². The third-order valence-electron chi connectivity index (χ3n) is 3.89. The summed E-state index contributed by atoms with van der Waals surface area (Å²) in [6.45, 7) is 3.10. The lowest BCUT2D eigenvalue weighted by molar-refractivity contribution is -0.137. The summed E-state index contributed by atoms with van der Waals surface area (Å²) in [6, 6.07) is 7.27. The van der Waals surface area contributed by atoms with Gasteiger partial charge in [-0.05, 0) is 35.9 Å². The number of nitrogens with zero attached hydrogens (tertiary/aromatic N) is 1. The van der Waals surface area contributed by atoms with E-state index in [1.54, 1.807) is 24.5 Å². The Labute approximate surface area is 140 Å². The highest BCUT2D eigenvalue weighted by Crippen LogP contribution is 2.37. The molecule has 1 fully saturated rings. The molecule has 1 aliphatic heterocycles. The van der Waals surface area contributed by atoms with Crippen LogP contribution in [0.1, 0.15) is 22.9 Å². The van der Waals surface area contributed by atoms with Gasteiger partial charge in [0.1, 0.15) is 5.76 Å². The largest absolute Gasteiger partial charge is 0.467 e. The summed E-state index contributed by atoms with van der Waals surface area (Å²) < 4.78 is 45.3. The van der Waals surface area contributed by atoms with E-state index in [1.807, 2.05) is 0 Å². The van der Waals surface area contributed by atoms with Crippen molar-refractivity contribution in [1.29, 1.82) is 0 Å². The normalized spacial score (nSPS) is 18.1. The summed E-state index contributed by atoms with van der Waals surface area (Å²) in [5.74, 6) is 0.651. The van der Waals surface area contributed by atoms with E-state index < -0.39 is 11.7 Å². The molecule has 124 valence electrons. The highest BCUT2D eigenvalue weighted by atomic mass is 79.9. The average molecular weight is 389 g/mol. The van der Waals surface area contributed by atoms with Crippen LogP contribution in [0.5, 0.6) is 0 Å². The van der Waals surface area contributed by atoms with Gasteiger partial charge < -0.3 is 9.73 Å². The van der Waals surface area contributed by atoms with E-state index in [1.165, 1.54) is 6.07 Å². The highest BCUT2D eigenvalue weighted by Gasteiger charge is 2.33. The zero-order valence-electron chi connectivity index (χ0n) is 12.2. The molecule has 23 heavy (non-hydrogen) atoms. The van der Waals surface area contributed by atoms with Gasteiger partial charge >= 0.3 is 6.18 Å². The first-order chi connectivity index (χ1) is 10.9. The molecule has 2 heterocycles. The first kappa shape index (κ1) is 16.5. The Morgan fingerprint density at radius 2 is 1.91 bits per heavy atom. The lowest BCUT2D eigenvalue weighted by Gasteiger charge is -2.34. The molecule has 1 atom stereocenters. The van der Waals surface area contributed by atoms with Crippen LogP contribution in [0.4, 0.5) is 13.2 Å². The molecule has 2 aromatic rings. The van der Waals surface area contributed by atoms with E-state index >= 15 is 0 Å². The molecular formula is C16H16BrF3N2O. The number of halogens is 4. The van der Waals surface area contributed by atoms with E-state index in [-0.39, 0.29) is 6.04 Å². The molecule has 1 aliphatic rings. The maximum atomic E-state index is 13.1. The van der Waals surface area contributed by atoms with Gasteiger partial charge in [-0.1, -0.05) is 15.9 Å². The number of rotatable bonds is 3. The van der Waals surface area contributed by atoms with Crippen LogP contribution in [0.2, 0.25) is 0 Å². The van der Waals surface area contributed by atoms with Gasteiger partial charge in [-0.2, -0.15) is 13.2 Å². The predicted molar refractivity (Wildman–Crippen MR) is 84.1 cm³/mol. The third-order valence-corrected chi connectivity index (χ3v) is 4.35. The zero-order valence-corrected chi connectivity index (χ0v) is 13.8. The number of furan rings is 1. The van der Waals surface area contributed by atoms with E-state index in [2.05, 4.69) is 26.1 Å². The summed E-state index contributed by atoms with van der Waals surface area (Å²) in [6.07, 6.45) is -2.83. The topological polar surface area (TPSA) is 28.4 Å². The molecule has 0 unspecified atom stereocenters. The van der Waals surface area contributed by atoms with Gasteiger partial charge in [0.25, 0.3) is 0 Å². The number of hydrogen-bond donors (Lipinski definition) is 1. The fraction of sp³-hybridized carbons (Fsp3) is 0.375. The number of piperazine rings is 1. The van der Waals surface area contributed by atoms with E-state index in [9.17, 15) is 13.2 Å². The van der Waals surface area contributed by atoms with Gasteiger partial charge in [0, 0.05) is 30.7 Å². The molecule has 0 radical (unpaired) electrons. The number of alkyl halides is 3. The van der Waals surface area contributed by atoms with Crippen molar-refractivity contribution in [2.24, 2.45) is 0 Å². The molecule has 3 rings (SSSR count). The predicted octanol–water partition coefficient (Wildman–Crippen LogP) is 4.06. The molecule has 1 aromatic carbocycles. The standard InChI is InChI=1S/C16H16BrF3N2O/c17-13-9-11(8-12(10-13)16(18,19)20)15(14-2-1-7-23-14)22-5-3-21-4-6-22/h1-2,7-10,15,21H,3-6H2/t15-/m0/s1. The average Bonchev–Trinajstić information content (AvgIpc) is 3.01. The quantitative estimate of drug-likeness (QED) is 0.859. The Hall–Kier alpha value is -1.31. The second-order valence-electron chi connectivity index (χ2n) is 5.47. The van der Waals surface area contributed by atoms with Crippen molar-refractivity contribution in [1.82, 2.24) is 10.2 Å². The minimum absolute atomic E-state index is 0.328. The van der Waals surface area contributed by atoms with Gasteiger partial charge in [-0.25, -0.2) is 0 Å². The molecule has 0 spiro atoms. The van der Waals surface area contributed by atoms with Crippen molar-refractivity contribution in [3.8, 4) is 0 Å². The van der Waals surface area contributed by atoms with Gasteiger partial charge in [0.2, 0.25) is 0 Å². The monoisotopic (exact) mass is 388 g/mol. The van der Waals surface area contributed by atoms with Crippen LogP contribution in [0.15, 0.2) is 45.5 Å². The summed E-state index contributed by atoms with van der Waals surface area (Å²) in [7, 11) is 0. The molecule has 0 bridgehead atoms. The van der Waals surface area contributed by atoms with Crippen molar-refractivity contribution in [2.75, 3.05) is 26.2 Å². The highest BCUT2D eigenvalue weighted by molar-refractivity contribution is 9.10. The van der Waals surface area contributed by atoms with Crippen LogP contribution in [-0.4, -0.2) is 31.1 Å². The van der Waals surface area contributed by atoms with Gasteiger partial charge in [0.15, 0.2) is 0 Å². The molecular weight excluding hydrogens is 373 g/mol. The molecule has 1 N–H and O–H groups in total. The van der Waals surface area contributed by atoms with Crippen molar-refractivity contribution in [2.45, 2.75) is 12.2 Å². The van der Waals surface area contributed by atoms with Gasteiger partial charge in [-0.3, -0.25) is 4.90 Å². The lowest BCUT2D eigenvalue weighted by Crippen LogP contribution is -2.45. The number of benzene rings is 1. The second kappa shape index (κ2) is 6.67. The summed E-state index contributed by atoms with van der Waals surface area (Å²) >= 11 is 3.20. The Balaban J connectivity index is 2.04. The third kappa shape index (κ3) is 3.79. The molecule has 1 saturated heterocycles. The first-order valence-corrected chi connectivity index (χ1v) is 8.10. The minimum atomic E-state index is -4.38. The summed E-state index contributed by atoms with van der Waals surface area (Å²) in [5, 5.41) is 3.25. The van der Waals surface area contributed by atoms with Crippen molar-refractivity contribution in [3.63, 3.8) is 0 Å². The van der Waals surface area contributed by atoms with E-state index in [0.29, 0.717) is 15.8 Å². The number of nitrogens with one attached hydrogen (secondary N) is 1. The van der Waals surface area contributed by atoms with Crippen LogP contribution in [0.3, 0.4) is 0 Å². The van der Waals surface area contributed by atoms with Crippen LogP contribution >= 0.6 is 15.9 Å². The van der Waals surface area contributed by atoms with Gasteiger partial charge in [0.05, 0.1) is 17.9 Å². The van der Waals surface area contributed by atoms with Crippen LogP contribution in [0.25, 0.3) is 0 Å². The summed E-state index contributed by atoms with van der Waals surface area (Å²) in [4.78, 5) is 2.14. The minimum Gasteiger partial charge on any atom is -0.467 e. The maximum absolute atomic E-state index is 13.1. The van der Waals surface area contributed by atoms with E-state index in [0.717, 1.165) is 32.2 Å². The Kier molecular flexibility index (Phi) is 4.79. The molecule has 1 aromatic heterocycles. The smallest absolute Gasteiger partial charge is 0.416 e. The molecule has 3 nitrogen and oxygen atoms in total. The van der Waals surface area contributed by atoms with Crippen molar-refractivity contribution in [3.05, 3.63) is 58.0 Å². The van der Waals surface area contributed by atoms with Crippen molar-refractivity contribution < 1.29 is 17.6 Å². The lowest BCUT2D eigenvalue weighted by atomic mass is 9.99. The maximum Gasteiger partial charge on any atom is 0.416 e. The fourth-order valence-corrected chi connectivity index (χ4v) is 3.39. The second-order valence-corrected chi connectivity index (χ2v) is 6.39. The molecule has 0 aliphatic carbocycles. The molecule has 0 amide bonds. The fourth-order valence-electron chi connectivity index (χ4n) is 2.88. The van der Waals surface area contributed by atoms with Crippen molar-refractivity contribution >= 4 is 15.9 Å². The molecule has 7 heteroatoms. The van der Waals surface area contributed by atoms with Gasteiger partial charge in [-0.15, -0.1) is 0 Å².